The van der Waals surface area contributed by atoms with Gasteiger partial charge in [-0.3, -0.25) is 9.59 Å². The van der Waals surface area contributed by atoms with Crippen LogP contribution in [0, 0.1) is 0 Å². The number of carbonyl (C=O) groups is 2. The number of carbonyl (C=O) groups excluding carboxylic acids is 2. The third-order valence-corrected chi connectivity index (χ3v) is 10.3. The van der Waals surface area contributed by atoms with Crippen LogP contribution in [0.1, 0.15) is 232 Å². The SMILES string of the molecule is CC/C=C\C/C=C\C/C=C\CCCCCC(=O)OC(CO)COC(=O)CCCCCCCCCCCCCCCCCCC/C=C\C/C=C\CCCCCCC. The molecule has 1 atom stereocenters. The maximum absolute atomic E-state index is 12.2. The van der Waals surface area contributed by atoms with Crippen molar-refractivity contribution < 1.29 is 24.2 Å². The monoisotopic (exact) mass is 783 g/mol. The molecule has 0 fully saturated rings. The summed E-state index contributed by atoms with van der Waals surface area (Å²) in [5.41, 5.74) is 0. The van der Waals surface area contributed by atoms with Crippen LogP contribution >= 0.6 is 0 Å². The van der Waals surface area contributed by atoms with Crippen molar-refractivity contribution in [3.8, 4) is 0 Å². The summed E-state index contributed by atoms with van der Waals surface area (Å²) in [5, 5.41) is 9.57. The maximum atomic E-state index is 12.2. The van der Waals surface area contributed by atoms with Gasteiger partial charge in [0, 0.05) is 12.8 Å². The van der Waals surface area contributed by atoms with Crippen molar-refractivity contribution in [3.05, 3.63) is 60.8 Å². The van der Waals surface area contributed by atoms with Crippen molar-refractivity contribution in [1.82, 2.24) is 0 Å². The Morgan fingerprint density at radius 2 is 0.768 bits per heavy atom. The van der Waals surface area contributed by atoms with E-state index in [2.05, 4.69) is 74.6 Å². The zero-order valence-corrected chi connectivity index (χ0v) is 36.9. The van der Waals surface area contributed by atoms with Crippen molar-refractivity contribution in [2.45, 2.75) is 238 Å². The van der Waals surface area contributed by atoms with E-state index in [0.717, 1.165) is 70.6 Å². The lowest BCUT2D eigenvalue weighted by molar-refractivity contribution is -0.161. The van der Waals surface area contributed by atoms with Crippen molar-refractivity contribution in [2.24, 2.45) is 0 Å². The second kappa shape index (κ2) is 47.0. The number of hydrogen-bond acceptors (Lipinski definition) is 5. The molecule has 0 aromatic heterocycles. The number of rotatable bonds is 43. The van der Waals surface area contributed by atoms with Gasteiger partial charge < -0.3 is 14.6 Å². The summed E-state index contributed by atoms with van der Waals surface area (Å²) in [6.07, 6.45) is 61.8. The lowest BCUT2D eigenvalue weighted by atomic mass is 10.0. The van der Waals surface area contributed by atoms with Gasteiger partial charge in [-0.05, 0) is 77.0 Å². The Morgan fingerprint density at radius 3 is 1.18 bits per heavy atom. The first-order chi connectivity index (χ1) is 27.6. The fourth-order valence-electron chi connectivity index (χ4n) is 6.72. The third-order valence-electron chi connectivity index (χ3n) is 10.3. The molecule has 0 saturated heterocycles. The smallest absolute Gasteiger partial charge is 0.306 e. The third kappa shape index (κ3) is 44.3. The van der Waals surface area contributed by atoms with E-state index in [4.69, 9.17) is 9.47 Å². The second-order valence-electron chi connectivity index (χ2n) is 15.8. The van der Waals surface area contributed by atoms with Crippen LogP contribution in [0.4, 0.5) is 0 Å². The van der Waals surface area contributed by atoms with E-state index in [-0.39, 0.29) is 25.2 Å². The Morgan fingerprint density at radius 1 is 0.429 bits per heavy atom. The van der Waals surface area contributed by atoms with Gasteiger partial charge in [-0.25, -0.2) is 0 Å². The molecule has 0 aliphatic carbocycles. The van der Waals surface area contributed by atoms with Crippen molar-refractivity contribution in [3.63, 3.8) is 0 Å². The van der Waals surface area contributed by atoms with Gasteiger partial charge in [-0.2, -0.15) is 0 Å². The number of aliphatic hydroxyl groups is 1. The largest absolute Gasteiger partial charge is 0.462 e. The molecule has 0 aromatic rings. The molecule has 0 amide bonds. The molecule has 0 saturated carbocycles. The molecular weight excluding hydrogens is 693 g/mol. The van der Waals surface area contributed by atoms with E-state index in [1.165, 1.54) is 135 Å². The Labute approximate surface area is 347 Å². The van der Waals surface area contributed by atoms with Gasteiger partial charge in [-0.1, -0.05) is 203 Å². The van der Waals surface area contributed by atoms with E-state index in [1.54, 1.807) is 0 Å². The normalized spacial score (nSPS) is 12.7. The number of allylic oxidation sites excluding steroid dienone is 10. The Hall–Kier alpha value is -2.40. The average Bonchev–Trinajstić information content (AvgIpc) is 3.20. The molecule has 0 heterocycles. The summed E-state index contributed by atoms with van der Waals surface area (Å²) in [6.45, 7) is 4.00. The van der Waals surface area contributed by atoms with Gasteiger partial charge in [-0.15, -0.1) is 0 Å². The number of unbranched alkanes of at least 4 members (excludes halogenated alkanes) is 25. The molecule has 5 nitrogen and oxygen atoms in total. The molecule has 5 heteroatoms. The van der Waals surface area contributed by atoms with E-state index in [9.17, 15) is 14.7 Å². The van der Waals surface area contributed by atoms with Crippen LogP contribution in [0.3, 0.4) is 0 Å². The van der Waals surface area contributed by atoms with Crippen molar-refractivity contribution >= 4 is 11.9 Å². The minimum Gasteiger partial charge on any atom is -0.462 e. The van der Waals surface area contributed by atoms with Gasteiger partial charge in [0.05, 0.1) is 6.61 Å². The Balaban J connectivity index is 3.47. The number of aliphatic hydroxyl groups excluding tert-OH is 1. The standard InChI is InChI=1S/C51H90O5/c1-3-5-7-9-11-13-15-17-18-19-20-21-22-23-24-25-26-27-28-29-30-31-32-34-35-37-39-41-43-45-50(53)55-48-49(47-52)56-51(54)46-44-42-40-38-36-33-16-14-12-10-8-6-4-2/h6,8,12,14-15,17,19-20,33,36,49,52H,3-5,7,9-11,13,16,18,21-32,34-35,37-48H2,1-2H3/b8-6-,14-12-,17-15-,20-19-,36-33-. The first-order valence-electron chi connectivity index (χ1n) is 23.8. The molecule has 56 heavy (non-hydrogen) atoms. The van der Waals surface area contributed by atoms with Crippen molar-refractivity contribution in [2.75, 3.05) is 13.2 Å². The average molecular weight is 783 g/mol. The second-order valence-corrected chi connectivity index (χ2v) is 15.8. The minimum absolute atomic E-state index is 0.0779. The van der Waals surface area contributed by atoms with E-state index in [0.29, 0.717) is 12.8 Å². The lowest BCUT2D eigenvalue weighted by Gasteiger charge is -2.15. The minimum atomic E-state index is -0.787. The van der Waals surface area contributed by atoms with Crippen LogP contribution in [-0.4, -0.2) is 36.4 Å². The van der Waals surface area contributed by atoms with E-state index in [1.807, 2.05) is 0 Å². The molecule has 1 N–H and O–H groups in total. The highest BCUT2D eigenvalue weighted by molar-refractivity contribution is 5.70. The quantitative estimate of drug-likeness (QED) is 0.0379. The van der Waals surface area contributed by atoms with E-state index >= 15 is 0 Å². The number of ether oxygens (including phenoxy) is 2. The van der Waals surface area contributed by atoms with Gasteiger partial charge in [0.2, 0.25) is 0 Å². The topological polar surface area (TPSA) is 72.8 Å². The lowest BCUT2D eigenvalue weighted by Crippen LogP contribution is -2.28. The predicted molar refractivity (Wildman–Crippen MR) is 242 cm³/mol. The van der Waals surface area contributed by atoms with Gasteiger partial charge in [0.15, 0.2) is 6.10 Å². The van der Waals surface area contributed by atoms with Crippen molar-refractivity contribution in [1.29, 1.82) is 0 Å². The predicted octanol–water partition coefficient (Wildman–Crippen LogP) is 15.5. The molecule has 324 valence electrons. The zero-order valence-electron chi connectivity index (χ0n) is 36.9. The Kier molecular flexibility index (Phi) is 45.0. The number of esters is 2. The molecule has 0 rings (SSSR count). The van der Waals surface area contributed by atoms with Crippen LogP contribution in [0.2, 0.25) is 0 Å². The Bertz CT molecular complexity index is 977. The fraction of sp³-hybridized carbons (Fsp3) is 0.765. The molecule has 0 aliphatic heterocycles. The first kappa shape index (κ1) is 53.6. The highest BCUT2D eigenvalue weighted by Gasteiger charge is 2.16. The highest BCUT2D eigenvalue weighted by Crippen LogP contribution is 2.15. The summed E-state index contributed by atoms with van der Waals surface area (Å²) in [6, 6.07) is 0. The van der Waals surface area contributed by atoms with Gasteiger partial charge in [0.1, 0.15) is 6.61 Å². The molecule has 0 aromatic carbocycles. The van der Waals surface area contributed by atoms with Crippen LogP contribution in [0.25, 0.3) is 0 Å². The van der Waals surface area contributed by atoms with Crippen LogP contribution < -0.4 is 0 Å². The van der Waals surface area contributed by atoms with Gasteiger partial charge >= 0.3 is 11.9 Å². The maximum Gasteiger partial charge on any atom is 0.306 e. The molecule has 0 radical (unpaired) electrons. The molecule has 0 bridgehead atoms. The van der Waals surface area contributed by atoms with Crippen LogP contribution in [0.5, 0.6) is 0 Å². The fourth-order valence-corrected chi connectivity index (χ4v) is 6.72. The molecule has 0 aliphatic rings. The zero-order chi connectivity index (χ0) is 40.7. The molecule has 1 unspecified atom stereocenters. The van der Waals surface area contributed by atoms with Crippen LogP contribution in [0.15, 0.2) is 60.8 Å². The summed E-state index contributed by atoms with van der Waals surface area (Å²) in [4.78, 5) is 24.3. The van der Waals surface area contributed by atoms with E-state index < -0.39 is 6.10 Å². The molecular formula is C51H90O5. The molecule has 0 spiro atoms. The van der Waals surface area contributed by atoms with Gasteiger partial charge in [0.25, 0.3) is 0 Å². The first-order valence-corrected chi connectivity index (χ1v) is 23.8. The van der Waals surface area contributed by atoms with Crippen LogP contribution in [-0.2, 0) is 19.1 Å². The number of hydrogen-bond donors (Lipinski definition) is 1. The summed E-state index contributed by atoms with van der Waals surface area (Å²) in [5.74, 6) is -0.622. The summed E-state index contributed by atoms with van der Waals surface area (Å²) in [7, 11) is 0. The summed E-state index contributed by atoms with van der Waals surface area (Å²) >= 11 is 0. The highest BCUT2D eigenvalue weighted by atomic mass is 16.6. The summed E-state index contributed by atoms with van der Waals surface area (Å²) < 4.78 is 10.6.